The Hall–Kier alpha value is -4.00. The molecule has 1 heterocycles. The summed E-state index contributed by atoms with van der Waals surface area (Å²) in [5.74, 6) is 0.939. The van der Waals surface area contributed by atoms with Gasteiger partial charge >= 0.3 is 0 Å². The average molecular weight is 473 g/mol. The van der Waals surface area contributed by atoms with Crippen LogP contribution in [0.5, 0.6) is 5.75 Å². The number of methoxy groups -OCH3 is 1. The first-order valence-corrected chi connectivity index (χ1v) is 11.3. The Labute approximate surface area is 188 Å². The van der Waals surface area contributed by atoms with Gasteiger partial charge in [-0.15, -0.1) is 0 Å². The zero-order valence-electron chi connectivity index (χ0n) is 17.3. The van der Waals surface area contributed by atoms with E-state index >= 15 is 0 Å². The fourth-order valence-corrected chi connectivity index (χ4v) is 4.04. The number of aromatic nitrogens is 2. The van der Waals surface area contributed by atoms with Gasteiger partial charge in [-0.1, -0.05) is 5.16 Å². The maximum Gasteiger partial charge on any atom is 0.271 e. The van der Waals surface area contributed by atoms with E-state index in [1.165, 1.54) is 43.5 Å². The average Bonchev–Trinajstić information content (AvgIpc) is 3.55. The molecule has 13 heteroatoms. The Balaban J connectivity index is 1.43. The predicted molar refractivity (Wildman–Crippen MR) is 114 cm³/mol. The molecule has 3 aromatic rings. The van der Waals surface area contributed by atoms with Crippen LogP contribution in [0.4, 0.5) is 11.4 Å². The van der Waals surface area contributed by atoms with Crippen molar-refractivity contribution in [1.82, 2.24) is 15.5 Å². The Kier molecular flexibility index (Phi) is 5.96. The van der Waals surface area contributed by atoms with Crippen LogP contribution in [-0.2, 0) is 16.6 Å². The van der Waals surface area contributed by atoms with Crippen molar-refractivity contribution in [3.8, 4) is 5.75 Å². The Morgan fingerprint density at radius 3 is 2.61 bits per heavy atom. The van der Waals surface area contributed by atoms with Crippen molar-refractivity contribution in [2.24, 2.45) is 0 Å². The van der Waals surface area contributed by atoms with Gasteiger partial charge < -0.3 is 14.6 Å². The molecule has 0 radical (unpaired) electrons. The molecular formula is C20H19N5O7S. The summed E-state index contributed by atoms with van der Waals surface area (Å²) in [6.45, 7) is 0.0484. The molecule has 0 unspecified atom stereocenters. The van der Waals surface area contributed by atoms with E-state index in [0.29, 0.717) is 17.6 Å². The molecule has 0 bridgehead atoms. The fraction of sp³-hybridized carbons (Fsp3) is 0.250. The molecule has 1 aromatic heterocycles. The summed E-state index contributed by atoms with van der Waals surface area (Å²) < 4.78 is 37.9. The predicted octanol–water partition coefficient (Wildman–Crippen LogP) is 2.59. The monoisotopic (exact) mass is 473 g/mol. The maximum absolute atomic E-state index is 12.7. The van der Waals surface area contributed by atoms with Gasteiger partial charge in [-0.25, -0.2) is 8.42 Å². The number of sulfonamides is 1. The second-order valence-electron chi connectivity index (χ2n) is 7.27. The summed E-state index contributed by atoms with van der Waals surface area (Å²) in [7, 11) is -2.79. The largest absolute Gasteiger partial charge is 0.495 e. The first-order valence-electron chi connectivity index (χ1n) is 9.83. The summed E-state index contributed by atoms with van der Waals surface area (Å²) >= 11 is 0. The summed E-state index contributed by atoms with van der Waals surface area (Å²) in [6.07, 6.45) is 2.06. The van der Waals surface area contributed by atoms with Gasteiger partial charge in [0.15, 0.2) is 5.82 Å². The molecule has 33 heavy (non-hydrogen) atoms. The molecule has 1 fully saturated rings. The minimum absolute atomic E-state index is 0.0484. The highest BCUT2D eigenvalue weighted by molar-refractivity contribution is 7.92. The number of ether oxygens (including phenoxy) is 1. The van der Waals surface area contributed by atoms with E-state index in [4.69, 9.17) is 9.26 Å². The zero-order chi connectivity index (χ0) is 23.6. The lowest BCUT2D eigenvalue weighted by atomic mass is 10.2. The number of anilines is 1. The van der Waals surface area contributed by atoms with E-state index in [0.717, 1.165) is 18.9 Å². The Morgan fingerprint density at radius 2 is 1.97 bits per heavy atom. The van der Waals surface area contributed by atoms with Gasteiger partial charge in [0.1, 0.15) is 5.75 Å². The highest BCUT2D eigenvalue weighted by Crippen LogP contribution is 2.38. The summed E-state index contributed by atoms with van der Waals surface area (Å²) in [6, 6.07) is 8.74. The van der Waals surface area contributed by atoms with Gasteiger partial charge in [-0.05, 0) is 43.2 Å². The number of carbonyl (C=O) groups is 1. The zero-order valence-corrected chi connectivity index (χ0v) is 18.2. The van der Waals surface area contributed by atoms with Crippen LogP contribution in [0.3, 0.4) is 0 Å². The number of non-ortho nitro benzene ring substituents is 1. The minimum Gasteiger partial charge on any atom is -0.495 e. The Morgan fingerprint density at radius 1 is 1.24 bits per heavy atom. The fourth-order valence-electron chi connectivity index (χ4n) is 2.98. The van der Waals surface area contributed by atoms with Gasteiger partial charge in [0, 0.05) is 23.6 Å². The molecule has 2 aromatic carbocycles. The molecule has 1 amide bonds. The van der Waals surface area contributed by atoms with E-state index in [9.17, 15) is 23.3 Å². The number of nitrogens with one attached hydrogen (secondary N) is 2. The quantitative estimate of drug-likeness (QED) is 0.351. The number of carbonyl (C=O) groups excluding carboxylic acids is 1. The van der Waals surface area contributed by atoms with Crippen LogP contribution in [0.25, 0.3) is 0 Å². The Bertz CT molecular complexity index is 1300. The van der Waals surface area contributed by atoms with Gasteiger partial charge in [0.05, 0.1) is 29.2 Å². The molecule has 0 aliphatic heterocycles. The normalized spacial score (nSPS) is 13.4. The number of hydrogen-bond acceptors (Lipinski definition) is 9. The van der Waals surface area contributed by atoms with E-state index in [-0.39, 0.29) is 34.1 Å². The molecule has 1 aliphatic carbocycles. The highest BCUT2D eigenvalue weighted by atomic mass is 32.2. The molecule has 12 nitrogen and oxygen atoms in total. The van der Waals surface area contributed by atoms with Crippen LogP contribution in [0.2, 0.25) is 0 Å². The first-order chi connectivity index (χ1) is 15.8. The molecule has 1 aliphatic rings. The second-order valence-corrected chi connectivity index (χ2v) is 8.96. The van der Waals surface area contributed by atoms with Crippen molar-refractivity contribution < 1.29 is 27.4 Å². The molecular weight excluding hydrogens is 454 g/mol. The number of rotatable bonds is 9. The summed E-state index contributed by atoms with van der Waals surface area (Å²) in [4.78, 5) is 26.8. The standard InChI is InChI=1S/C20H19N5O7S/c1-31-17-9-6-14(25(27)28)10-16(17)24-33(29,30)15-7-4-13(5-8-15)20(26)21-11-18-22-19(23-32-18)12-2-3-12/h4-10,12,24H,2-3,11H2,1H3,(H,21,26). The summed E-state index contributed by atoms with van der Waals surface area (Å²) in [5, 5.41) is 17.5. The van der Waals surface area contributed by atoms with Gasteiger partial charge in [0.2, 0.25) is 5.89 Å². The van der Waals surface area contributed by atoms with Crippen LogP contribution >= 0.6 is 0 Å². The van der Waals surface area contributed by atoms with Gasteiger partial charge in [0.25, 0.3) is 21.6 Å². The van der Waals surface area contributed by atoms with E-state index < -0.39 is 20.9 Å². The van der Waals surface area contributed by atoms with Crippen molar-refractivity contribution in [2.45, 2.75) is 30.2 Å². The number of nitrogens with zero attached hydrogens (tertiary/aromatic N) is 3. The van der Waals surface area contributed by atoms with Gasteiger partial charge in [-0.2, -0.15) is 4.98 Å². The topological polar surface area (TPSA) is 167 Å². The van der Waals surface area contributed by atoms with E-state index in [1.807, 2.05) is 0 Å². The third-order valence-corrected chi connectivity index (χ3v) is 6.27. The SMILES string of the molecule is COc1ccc([N+](=O)[O-])cc1NS(=O)(=O)c1ccc(C(=O)NCc2nc(C3CC3)no2)cc1. The van der Waals surface area contributed by atoms with Crippen molar-refractivity contribution in [1.29, 1.82) is 0 Å². The molecule has 172 valence electrons. The number of nitro benzene ring substituents is 1. The van der Waals surface area contributed by atoms with Crippen LogP contribution in [0.1, 0.15) is 40.8 Å². The molecule has 0 saturated heterocycles. The number of benzene rings is 2. The van der Waals surface area contributed by atoms with E-state index in [1.54, 1.807) is 0 Å². The lowest BCUT2D eigenvalue weighted by Crippen LogP contribution is -2.23. The molecule has 2 N–H and O–H groups in total. The minimum atomic E-state index is -4.10. The molecule has 4 rings (SSSR count). The number of nitro groups is 1. The van der Waals surface area contributed by atoms with Crippen LogP contribution in [-0.4, -0.2) is 36.5 Å². The maximum atomic E-state index is 12.7. The van der Waals surface area contributed by atoms with Crippen molar-refractivity contribution in [2.75, 3.05) is 11.8 Å². The molecule has 0 spiro atoms. The van der Waals surface area contributed by atoms with Crippen LogP contribution in [0.15, 0.2) is 51.9 Å². The van der Waals surface area contributed by atoms with Crippen LogP contribution in [0, 0.1) is 10.1 Å². The second kappa shape index (κ2) is 8.86. The third-order valence-electron chi connectivity index (χ3n) is 4.89. The summed E-state index contributed by atoms with van der Waals surface area (Å²) in [5.41, 5.74) is -0.159. The van der Waals surface area contributed by atoms with E-state index in [2.05, 4.69) is 20.2 Å². The lowest BCUT2D eigenvalue weighted by Gasteiger charge is -2.12. The van der Waals surface area contributed by atoms with Crippen molar-refractivity contribution in [3.63, 3.8) is 0 Å². The van der Waals surface area contributed by atoms with Crippen molar-refractivity contribution >= 4 is 27.3 Å². The smallest absolute Gasteiger partial charge is 0.271 e. The molecule has 0 atom stereocenters. The van der Waals surface area contributed by atoms with Crippen molar-refractivity contribution in [3.05, 3.63) is 69.9 Å². The number of amides is 1. The van der Waals surface area contributed by atoms with Gasteiger partial charge in [-0.3, -0.25) is 19.6 Å². The number of hydrogen-bond donors (Lipinski definition) is 2. The molecule has 1 saturated carbocycles. The first kappa shape index (κ1) is 22.2. The third kappa shape index (κ3) is 5.09. The van der Waals surface area contributed by atoms with Crippen LogP contribution < -0.4 is 14.8 Å². The lowest BCUT2D eigenvalue weighted by molar-refractivity contribution is -0.384. The highest BCUT2D eigenvalue weighted by Gasteiger charge is 2.28.